The maximum atomic E-state index is 10.3. The molecule has 2 N–H and O–H groups in total. The summed E-state index contributed by atoms with van der Waals surface area (Å²) in [7, 11) is 1.95. The Hall–Kier alpha value is -0.0800. The lowest BCUT2D eigenvalue weighted by Gasteiger charge is -2.35. The van der Waals surface area contributed by atoms with E-state index in [0.717, 1.165) is 12.8 Å². The molecule has 0 spiro atoms. The Morgan fingerprint density at radius 1 is 1.25 bits per heavy atom. The standard InChI is InChI=1S/C10H21NO/c1-8(2)9(11-3)10(12)6-4-5-7-10/h8-9,11-12H,4-7H2,1-3H3/t9-/m0/s1. The molecule has 12 heavy (non-hydrogen) atoms. The molecule has 0 saturated heterocycles. The molecule has 1 atom stereocenters. The van der Waals surface area contributed by atoms with E-state index in [1.807, 2.05) is 7.05 Å². The van der Waals surface area contributed by atoms with E-state index in [1.54, 1.807) is 0 Å². The van der Waals surface area contributed by atoms with Crippen LogP contribution in [-0.4, -0.2) is 23.8 Å². The number of nitrogens with one attached hydrogen (secondary N) is 1. The number of hydrogen-bond acceptors (Lipinski definition) is 2. The van der Waals surface area contributed by atoms with Gasteiger partial charge in [0.2, 0.25) is 0 Å². The van der Waals surface area contributed by atoms with E-state index in [1.165, 1.54) is 12.8 Å². The molecule has 1 fully saturated rings. The van der Waals surface area contributed by atoms with Crippen molar-refractivity contribution in [1.82, 2.24) is 5.32 Å². The number of hydrogen-bond donors (Lipinski definition) is 2. The fraction of sp³-hybridized carbons (Fsp3) is 1.00. The van der Waals surface area contributed by atoms with Crippen LogP contribution in [0.1, 0.15) is 39.5 Å². The van der Waals surface area contributed by atoms with Crippen LogP contribution in [0.5, 0.6) is 0 Å². The van der Waals surface area contributed by atoms with Crippen molar-refractivity contribution in [3.05, 3.63) is 0 Å². The van der Waals surface area contributed by atoms with Crippen LogP contribution < -0.4 is 5.32 Å². The second kappa shape index (κ2) is 3.75. The highest BCUT2D eigenvalue weighted by atomic mass is 16.3. The fourth-order valence-corrected chi connectivity index (χ4v) is 2.52. The molecule has 0 aromatic heterocycles. The zero-order valence-corrected chi connectivity index (χ0v) is 8.43. The van der Waals surface area contributed by atoms with Gasteiger partial charge in [-0.15, -0.1) is 0 Å². The van der Waals surface area contributed by atoms with E-state index in [9.17, 15) is 5.11 Å². The summed E-state index contributed by atoms with van der Waals surface area (Å²) in [6.07, 6.45) is 4.30. The quantitative estimate of drug-likeness (QED) is 0.675. The molecule has 0 amide bonds. The Morgan fingerprint density at radius 3 is 2.08 bits per heavy atom. The topological polar surface area (TPSA) is 32.3 Å². The molecule has 1 aliphatic carbocycles. The molecule has 1 saturated carbocycles. The van der Waals surface area contributed by atoms with Gasteiger partial charge in [0.1, 0.15) is 0 Å². The average Bonchev–Trinajstić information content (AvgIpc) is 2.37. The first kappa shape index (κ1) is 10.0. The van der Waals surface area contributed by atoms with Crippen LogP contribution in [0.3, 0.4) is 0 Å². The first-order valence-electron chi connectivity index (χ1n) is 5.00. The number of likely N-dealkylation sites (N-methyl/N-ethyl adjacent to an activating group) is 1. The Labute approximate surface area is 75.4 Å². The van der Waals surface area contributed by atoms with Crippen LogP contribution in [0.15, 0.2) is 0 Å². The molecule has 0 radical (unpaired) electrons. The van der Waals surface area contributed by atoms with Gasteiger partial charge in [-0.05, 0) is 25.8 Å². The van der Waals surface area contributed by atoms with Gasteiger partial charge in [-0.1, -0.05) is 26.7 Å². The van der Waals surface area contributed by atoms with Gasteiger partial charge >= 0.3 is 0 Å². The van der Waals surface area contributed by atoms with Gasteiger partial charge in [0.15, 0.2) is 0 Å². The monoisotopic (exact) mass is 171 g/mol. The Balaban J connectivity index is 2.62. The predicted octanol–water partition coefficient (Wildman–Crippen LogP) is 1.54. The summed E-state index contributed by atoms with van der Waals surface area (Å²) in [5.41, 5.74) is -0.428. The molecule has 2 heteroatoms. The van der Waals surface area contributed by atoms with Gasteiger partial charge in [0.25, 0.3) is 0 Å². The highest BCUT2D eigenvalue weighted by Crippen LogP contribution is 2.34. The minimum absolute atomic E-state index is 0.264. The Kier molecular flexibility index (Phi) is 3.13. The highest BCUT2D eigenvalue weighted by Gasteiger charge is 2.39. The van der Waals surface area contributed by atoms with Crippen LogP contribution in [0.2, 0.25) is 0 Å². The molecule has 0 aliphatic heterocycles. The van der Waals surface area contributed by atoms with Crippen molar-refractivity contribution >= 4 is 0 Å². The normalized spacial score (nSPS) is 24.8. The Bertz CT molecular complexity index is 139. The van der Waals surface area contributed by atoms with E-state index < -0.39 is 5.60 Å². The average molecular weight is 171 g/mol. The van der Waals surface area contributed by atoms with Gasteiger partial charge in [0.05, 0.1) is 5.60 Å². The molecular weight excluding hydrogens is 150 g/mol. The summed E-state index contributed by atoms with van der Waals surface area (Å²) in [4.78, 5) is 0. The number of aliphatic hydroxyl groups is 1. The van der Waals surface area contributed by atoms with Gasteiger partial charge in [-0.25, -0.2) is 0 Å². The van der Waals surface area contributed by atoms with E-state index in [0.29, 0.717) is 5.92 Å². The highest BCUT2D eigenvalue weighted by molar-refractivity contribution is 4.95. The van der Waals surface area contributed by atoms with Gasteiger partial charge in [-0.2, -0.15) is 0 Å². The van der Waals surface area contributed by atoms with Gasteiger partial charge in [0, 0.05) is 6.04 Å². The first-order chi connectivity index (χ1) is 5.60. The molecule has 1 aliphatic rings. The third-order valence-corrected chi connectivity index (χ3v) is 3.03. The minimum atomic E-state index is -0.428. The second-order valence-electron chi connectivity index (χ2n) is 4.32. The maximum Gasteiger partial charge on any atom is 0.0802 e. The summed E-state index contributed by atoms with van der Waals surface area (Å²) >= 11 is 0. The lowest BCUT2D eigenvalue weighted by Crippen LogP contribution is -2.50. The van der Waals surface area contributed by atoms with Crippen molar-refractivity contribution in [3.8, 4) is 0 Å². The molecule has 0 unspecified atom stereocenters. The lowest BCUT2D eigenvalue weighted by atomic mass is 9.85. The molecule has 0 heterocycles. The third-order valence-electron chi connectivity index (χ3n) is 3.03. The third kappa shape index (κ3) is 1.80. The van der Waals surface area contributed by atoms with E-state index in [4.69, 9.17) is 0 Å². The van der Waals surface area contributed by atoms with Crippen molar-refractivity contribution in [2.24, 2.45) is 5.92 Å². The maximum absolute atomic E-state index is 10.3. The van der Waals surface area contributed by atoms with Crippen LogP contribution in [0.4, 0.5) is 0 Å². The molecule has 0 bridgehead atoms. The molecule has 2 nitrogen and oxygen atoms in total. The first-order valence-corrected chi connectivity index (χ1v) is 5.00. The molecular formula is C10H21NO. The molecule has 1 rings (SSSR count). The summed E-state index contributed by atoms with van der Waals surface area (Å²) in [5.74, 6) is 0.512. The van der Waals surface area contributed by atoms with Crippen LogP contribution in [0, 0.1) is 5.92 Å². The van der Waals surface area contributed by atoms with Crippen molar-refractivity contribution in [2.75, 3.05) is 7.05 Å². The van der Waals surface area contributed by atoms with Crippen LogP contribution in [0.25, 0.3) is 0 Å². The van der Waals surface area contributed by atoms with Crippen molar-refractivity contribution in [1.29, 1.82) is 0 Å². The summed E-state index contributed by atoms with van der Waals surface area (Å²) in [5, 5.41) is 13.5. The van der Waals surface area contributed by atoms with Crippen LogP contribution in [-0.2, 0) is 0 Å². The Morgan fingerprint density at radius 2 is 1.75 bits per heavy atom. The van der Waals surface area contributed by atoms with Crippen molar-refractivity contribution in [2.45, 2.75) is 51.2 Å². The smallest absolute Gasteiger partial charge is 0.0802 e. The molecule has 72 valence electrons. The minimum Gasteiger partial charge on any atom is -0.388 e. The van der Waals surface area contributed by atoms with Crippen molar-refractivity contribution in [3.63, 3.8) is 0 Å². The molecule has 0 aromatic rings. The predicted molar refractivity (Wildman–Crippen MR) is 51.1 cm³/mol. The van der Waals surface area contributed by atoms with Crippen molar-refractivity contribution < 1.29 is 5.11 Å². The summed E-state index contributed by atoms with van der Waals surface area (Å²) in [6.45, 7) is 4.33. The zero-order valence-electron chi connectivity index (χ0n) is 8.43. The zero-order chi connectivity index (χ0) is 9.19. The lowest BCUT2D eigenvalue weighted by molar-refractivity contribution is -0.00507. The van der Waals surface area contributed by atoms with E-state index in [-0.39, 0.29) is 6.04 Å². The molecule has 0 aromatic carbocycles. The largest absolute Gasteiger partial charge is 0.388 e. The van der Waals surface area contributed by atoms with E-state index >= 15 is 0 Å². The van der Waals surface area contributed by atoms with Crippen LogP contribution >= 0.6 is 0 Å². The van der Waals surface area contributed by atoms with Gasteiger partial charge in [-0.3, -0.25) is 0 Å². The SMILES string of the molecule is CN[C@@H](C(C)C)C1(O)CCCC1. The number of rotatable bonds is 3. The summed E-state index contributed by atoms with van der Waals surface area (Å²) < 4.78 is 0. The van der Waals surface area contributed by atoms with Gasteiger partial charge < -0.3 is 10.4 Å². The second-order valence-corrected chi connectivity index (χ2v) is 4.32. The van der Waals surface area contributed by atoms with E-state index in [2.05, 4.69) is 19.2 Å². The fourth-order valence-electron chi connectivity index (χ4n) is 2.52. The summed E-state index contributed by atoms with van der Waals surface area (Å²) in [6, 6.07) is 0.264.